The summed E-state index contributed by atoms with van der Waals surface area (Å²) in [7, 11) is 0. The van der Waals surface area contributed by atoms with Gasteiger partial charge >= 0.3 is 5.97 Å². The van der Waals surface area contributed by atoms with Crippen LogP contribution in [0.1, 0.15) is 18.9 Å². The minimum Gasteiger partial charge on any atom is -0.466 e. The van der Waals surface area contributed by atoms with Crippen molar-refractivity contribution >= 4 is 17.6 Å². The van der Waals surface area contributed by atoms with Crippen molar-refractivity contribution in [1.82, 2.24) is 15.1 Å². The molecular formula is C22H22N4O5. The molecule has 0 spiro atoms. The molecule has 9 heteroatoms. The second-order valence-electron chi connectivity index (χ2n) is 6.67. The maximum Gasteiger partial charge on any atom is 0.307 e. The number of hydrogen-bond donors (Lipinski definition) is 1. The Hall–Kier alpha value is -4.01. The number of carbonyl (C=O) groups excluding carboxylic acids is 2. The van der Waals surface area contributed by atoms with Gasteiger partial charge in [-0.2, -0.15) is 5.10 Å². The van der Waals surface area contributed by atoms with Gasteiger partial charge in [-0.1, -0.05) is 18.2 Å². The molecule has 31 heavy (non-hydrogen) atoms. The highest BCUT2D eigenvalue weighted by atomic mass is 16.6. The topological polar surface area (TPSA) is 116 Å². The number of nitro groups is 1. The molecule has 0 fully saturated rings. The normalized spacial score (nSPS) is 10.5. The highest BCUT2D eigenvalue weighted by Crippen LogP contribution is 2.26. The number of nitrogens with zero attached hydrogens (tertiary/aromatic N) is 3. The van der Waals surface area contributed by atoms with E-state index >= 15 is 0 Å². The highest BCUT2D eigenvalue weighted by Gasteiger charge is 2.17. The number of nitrogens with one attached hydrogen (secondary N) is 1. The molecule has 0 saturated heterocycles. The van der Waals surface area contributed by atoms with E-state index in [4.69, 9.17) is 4.74 Å². The third-order valence-electron chi connectivity index (χ3n) is 4.47. The standard InChI is InChI=1S/C22H22N4O5/c1-2-31-21(28)12-13-23-20(27)14-17-15-25(18-6-4-3-5-7-18)24-22(17)16-8-10-19(11-9-16)26(29)30/h3-11,15H,2,12-14H2,1H3,(H,23,27). The van der Waals surface area contributed by atoms with Crippen LogP contribution in [0.25, 0.3) is 16.9 Å². The summed E-state index contributed by atoms with van der Waals surface area (Å²) < 4.78 is 6.51. The molecule has 9 nitrogen and oxygen atoms in total. The Bertz CT molecular complexity index is 1060. The Labute approximate surface area is 178 Å². The second kappa shape index (κ2) is 10.1. The van der Waals surface area contributed by atoms with Gasteiger partial charge in [0.1, 0.15) is 0 Å². The van der Waals surface area contributed by atoms with E-state index < -0.39 is 4.92 Å². The minimum atomic E-state index is -0.468. The van der Waals surface area contributed by atoms with E-state index in [2.05, 4.69) is 10.4 Å². The second-order valence-corrected chi connectivity index (χ2v) is 6.67. The average Bonchev–Trinajstić information content (AvgIpc) is 3.18. The van der Waals surface area contributed by atoms with Gasteiger partial charge in [0.15, 0.2) is 0 Å². The van der Waals surface area contributed by atoms with Crippen molar-refractivity contribution in [2.75, 3.05) is 13.2 Å². The minimum absolute atomic E-state index is 0.0236. The average molecular weight is 422 g/mol. The number of nitro benzene ring substituents is 1. The summed E-state index contributed by atoms with van der Waals surface area (Å²) >= 11 is 0. The lowest BCUT2D eigenvalue weighted by atomic mass is 10.1. The third kappa shape index (κ3) is 5.75. The van der Waals surface area contributed by atoms with Gasteiger partial charge in [0.05, 0.1) is 35.8 Å². The van der Waals surface area contributed by atoms with Crippen molar-refractivity contribution in [3.8, 4) is 16.9 Å². The number of hydrogen-bond acceptors (Lipinski definition) is 6. The fourth-order valence-electron chi connectivity index (χ4n) is 3.01. The molecule has 1 aromatic heterocycles. The zero-order valence-electron chi connectivity index (χ0n) is 17.0. The fourth-order valence-corrected chi connectivity index (χ4v) is 3.01. The first-order valence-electron chi connectivity index (χ1n) is 9.79. The molecule has 1 amide bonds. The van der Waals surface area contributed by atoms with Crippen LogP contribution >= 0.6 is 0 Å². The summed E-state index contributed by atoms with van der Waals surface area (Å²) in [5.74, 6) is -0.633. The van der Waals surface area contributed by atoms with Crippen LogP contribution in [0, 0.1) is 10.1 Å². The molecule has 0 bridgehead atoms. The first-order chi connectivity index (χ1) is 15.0. The van der Waals surface area contributed by atoms with Crippen molar-refractivity contribution in [2.24, 2.45) is 0 Å². The molecule has 0 aliphatic carbocycles. The summed E-state index contributed by atoms with van der Waals surface area (Å²) in [6.07, 6.45) is 1.90. The fraction of sp³-hybridized carbons (Fsp3) is 0.227. The van der Waals surface area contributed by atoms with Crippen LogP contribution in [0.2, 0.25) is 0 Å². The van der Waals surface area contributed by atoms with Gasteiger partial charge in [-0.05, 0) is 31.2 Å². The van der Waals surface area contributed by atoms with E-state index in [-0.39, 0.29) is 37.0 Å². The molecule has 160 valence electrons. The summed E-state index contributed by atoms with van der Waals surface area (Å²) in [4.78, 5) is 34.3. The predicted octanol–water partition coefficient (Wildman–Crippen LogP) is 3.06. The number of ether oxygens (including phenoxy) is 1. The Morgan fingerprint density at radius 1 is 1.13 bits per heavy atom. The molecule has 0 aliphatic heterocycles. The first kappa shape index (κ1) is 21.7. The zero-order valence-corrected chi connectivity index (χ0v) is 17.0. The monoisotopic (exact) mass is 422 g/mol. The summed E-state index contributed by atoms with van der Waals surface area (Å²) in [5, 5.41) is 18.2. The van der Waals surface area contributed by atoms with Crippen LogP contribution in [0.3, 0.4) is 0 Å². The van der Waals surface area contributed by atoms with Gasteiger partial charge in [0.2, 0.25) is 5.91 Å². The van der Waals surface area contributed by atoms with Gasteiger partial charge < -0.3 is 10.1 Å². The lowest BCUT2D eigenvalue weighted by Crippen LogP contribution is -2.28. The largest absolute Gasteiger partial charge is 0.466 e. The molecule has 0 unspecified atom stereocenters. The zero-order chi connectivity index (χ0) is 22.2. The van der Waals surface area contributed by atoms with Crippen LogP contribution in [0.5, 0.6) is 0 Å². The van der Waals surface area contributed by atoms with Crippen LogP contribution in [-0.4, -0.2) is 39.7 Å². The molecule has 2 aromatic carbocycles. The van der Waals surface area contributed by atoms with Crippen LogP contribution in [0.4, 0.5) is 5.69 Å². The molecule has 3 aromatic rings. The molecule has 0 saturated carbocycles. The predicted molar refractivity (Wildman–Crippen MR) is 114 cm³/mol. The van der Waals surface area contributed by atoms with Gasteiger partial charge in [0.25, 0.3) is 5.69 Å². The van der Waals surface area contributed by atoms with E-state index in [0.717, 1.165) is 5.69 Å². The van der Waals surface area contributed by atoms with Gasteiger partial charge in [-0.3, -0.25) is 19.7 Å². The Morgan fingerprint density at radius 3 is 2.48 bits per heavy atom. The molecule has 1 heterocycles. The SMILES string of the molecule is CCOC(=O)CCNC(=O)Cc1cn(-c2ccccc2)nc1-c1ccc([N+](=O)[O-])cc1. The maximum atomic E-state index is 12.4. The molecule has 1 N–H and O–H groups in total. The number of rotatable bonds is 9. The first-order valence-corrected chi connectivity index (χ1v) is 9.79. The van der Waals surface area contributed by atoms with E-state index in [1.54, 1.807) is 29.9 Å². The number of para-hydroxylation sites is 1. The smallest absolute Gasteiger partial charge is 0.307 e. The van der Waals surface area contributed by atoms with Crippen molar-refractivity contribution in [3.05, 3.63) is 76.5 Å². The van der Waals surface area contributed by atoms with E-state index in [1.165, 1.54) is 12.1 Å². The molecular weight excluding hydrogens is 400 g/mol. The maximum absolute atomic E-state index is 12.4. The van der Waals surface area contributed by atoms with E-state index in [0.29, 0.717) is 23.4 Å². The van der Waals surface area contributed by atoms with Crippen LogP contribution < -0.4 is 5.32 Å². The third-order valence-corrected chi connectivity index (χ3v) is 4.47. The number of esters is 1. The molecule has 0 radical (unpaired) electrons. The van der Waals surface area contributed by atoms with Gasteiger partial charge in [0, 0.05) is 36.0 Å². The lowest BCUT2D eigenvalue weighted by molar-refractivity contribution is -0.384. The van der Waals surface area contributed by atoms with E-state index in [9.17, 15) is 19.7 Å². The lowest BCUT2D eigenvalue weighted by Gasteiger charge is -2.05. The van der Waals surface area contributed by atoms with Gasteiger partial charge in [-0.25, -0.2) is 4.68 Å². The number of aromatic nitrogens is 2. The van der Waals surface area contributed by atoms with Crippen molar-refractivity contribution < 1.29 is 19.2 Å². The van der Waals surface area contributed by atoms with Crippen LogP contribution in [0.15, 0.2) is 60.8 Å². The summed E-state index contributed by atoms with van der Waals surface area (Å²) in [6.45, 7) is 2.20. The summed E-state index contributed by atoms with van der Waals surface area (Å²) in [5.41, 5.74) is 2.67. The highest BCUT2D eigenvalue weighted by molar-refractivity contribution is 5.81. The summed E-state index contributed by atoms with van der Waals surface area (Å²) in [6, 6.07) is 15.4. The quantitative estimate of drug-likeness (QED) is 0.322. The Morgan fingerprint density at radius 2 is 1.84 bits per heavy atom. The number of benzene rings is 2. The molecule has 0 atom stereocenters. The Balaban J connectivity index is 1.82. The number of non-ortho nitro benzene ring substituents is 1. The van der Waals surface area contributed by atoms with Crippen molar-refractivity contribution in [1.29, 1.82) is 0 Å². The molecule has 3 rings (SSSR count). The number of carbonyl (C=O) groups is 2. The van der Waals surface area contributed by atoms with E-state index in [1.807, 2.05) is 30.3 Å². The van der Waals surface area contributed by atoms with Crippen molar-refractivity contribution in [3.63, 3.8) is 0 Å². The van der Waals surface area contributed by atoms with Crippen LogP contribution in [-0.2, 0) is 20.7 Å². The Kier molecular flexibility index (Phi) is 7.10. The van der Waals surface area contributed by atoms with Gasteiger partial charge in [-0.15, -0.1) is 0 Å². The molecule has 0 aliphatic rings. The van der Waals surface area contributed by atoms with Crippen molar-refractivity contribution in [2.45, 2.75) is 19.8 Å². The number of amides is 1.